The van der Waals surface area contributed by atoms with E-state index in [9.17, 15) is 9.59 Å². The molecule has 0 spiro atoms. The summed E-state index contributed by atoms with van der Waals surface area (Å²) in [7, 11) is 1.64. The zero-order chi connectivity index (χ0) is 9.14. The van der Waals surface area contributed by atoms with E-state index in [1.807, 2.05) is 0 Å². The van der Waals surface area contributed by atoms with E-state index in [1.54, 1.807) is 14.0 Å². The Balaban J connectivity index is 2.53. The van der Waals surface area contributed by atoms with Crippen molar-refractivity contribution in [2.45, 2.75) is 25.8 Å². The Labute approximate surface area is 71.5 Å². The van der Waals surface area contributed by atoms with Crippen molar-refractivity contribution in [2.75, 3.05) is 13.7 Å². The number of rotatable bonds is 2. The Morgan fingerprint density at radius 2 is 2.42 bits per heavy atom. The molecule has 0 bridgehead atoms. The molecule has 1 atom stereocenters. The van der Waals surface area contributed by atoms with Gasteiger partial charge in [0, 0.05) is 13.5 Å². The van der Waals surface area contributed by atoms with E-state index in [-0.39, 0.29) is 17.9 Å². The van der Waals surface area contributed by atoms with E-state index >= 15 is 0 Å². The smallest absolute Gasteiger partial charge is 0.328 e. The van der Waals surface area contributed by atoms with E-state index in [0.717, 1.165) is 0 Å². The minimum atomic E-state index is -0.350. The predicted octanol–water partition coefficient (Wildman–Crippen LogP) is 0.170. The summed E-state index contributed by atoms with van der Waals surface area (Å²) in [5.41, 5.74) is 0. The third-order valence-corrected chi connectivity index (χ3v) is 2.05. The first-order valence-electron chi connectivity index (χ1n) is 4.09. The molecule has 12 heavy (non-hydrogen) atoms. The zero-order valence-electron chi connectivity index (χ0n) is 7.37. The Morgan fingerprint density at radius 3 is 2.83 bits per heavy atom. The lowest BCUT2D eigenvalue weighted by atomic mass is 10.2. The third-order valence-electron chi connectivity index (χ3n) is 2.05. The summed E-state index contributed by atoms with van der Waals surface area (Å²) in [6, 6.07) is -0.350. The number of carbonyl (C=O) groups excluding carboxylic acids is 2. The Bertz CT molecular complexity index is 202. The minimum Gasteiger partial charge on any atom is -0.464 e. The van der Waals surface area contributed by atoms with Crippen molar-refractivity contribution in [2.24, 2.45) is 0 Å². The fourth-order valence-electron chi connectivity index (χ4n) is 1.32. The fourth-order valence-corrected chi connectivity index (χ4v) is 1.32. The summed E-state index contributed by atoms with van der Waals surface area (Å²) in [5, 5.41) is 0. The van der Waals surface area contributed by atoms with Crippen molar-refractivity contribution in [3.63, 3.8) is 0 Å². The summed E-state index contributed by atoms with van der Waals surface area (Å²) in [5.74, 6) is -0.265. The molecule has 0 radical (unpaired) electrons. The van der Waals surface area contributed by atoms with E-state index in [1.165, 1.54) is 4.90 Å². The predicted molar refractivity (Wildman–Crippen MR) is 42.4 cm³/mol. The molecule has 1 amide bonds. The molecule has 1 saturated heterocycles. The van der Waals surface area contributed by atoms with Gasteiger partial charge in [-0.1, -0.05) is 0 Å². The van der Waals surface area contributed by atoms with E-state index in [4.69, 9.17) is 4.74 Å². The first-order chi connectivity index (χ1) is 5.66. The van der Waals surface area contributed by atoms with Crippen LogP contribution in [0.25, 0.3) is 0 Å². The molecule has 68 valence electrons. The van der Waals surface area contributed by atoms with Gasteiger partial charge in [-0.25, -0.2) is 4.79 Å². The topological polar surface area (TPSA) is 46.6 Å². The maximum Gasteiger partial charge on any atom is 0.328 e. The van der Waals surface area contributed by atoms with Crippen molar-refractivity contribution in [3.8, 4) is 0 Å². The number of hydrogen-bond donors (Lipinski definition) is 0. The van der Waals surface area contributed by atoms with Crippen LogP contribution in [0.4, 0.5) is 0 Å². The van der Waals surface area contributed by atoms with Crippen LogP contribution in [-0.2, 0) is 14.3 Å². The SMILES string of the molecule is CCOC(=O)C1CCC(=O)N1C. The summed E-state index contributed by atoms with van der Waals surface area (Å²) in [6.07, 6.45) is 1.05. The van der Waals surface area contributed by atoms with Crippen LogP contribution in [0.15, 0.2) is 0 Å². The van der Waals surface area contributed by atoms with Gasteiger partial charge in [-0.15, -0.1) is 0 Å². The van der Waals surface area contributed by atoms with E-state index < -0.39 is 0 Å². The lowest BCUT2D eigenvalue weighted by Crippen LogP contribution is -2.36. The zero-order valence-corrected chi connectivity index (χ0v) is 7.37. The molecule has 1 rings (SSSR count). The average molecular weight is 171 g/mol. The molecular formula is C8H13NO3. The molecule has 0 aromatic heterocycles. The third kappa shape index (κ3) is 1.57. The normalized spacial score (nSPS) is 23.0. The Kier molecular flexibility index (Phi) is 2.68. The molecule has 0 aromatic carbocycles. The molecule has 1 aliphatic heterocycles. The monoisotopic (exact) mass is 171 g/mol. The summed E-state index contributed by atoms with van der Waals surface area (Å²) < 4.78 is 4.81. The molecule has 0 aromatic rings. The van der Waals surface area contributed by atoms with Gasteiger partial charge in [0.1, 0.15) is 6.04 Å². The first-order valence-corrected chi connectivity index (χ1v) is 4.09. The first kappa shape index (κ1) is 9.03. The number of ether oxygens (including phenoxy) is 1. The number of carbonyl (C=O) groups is 2. The van der Waals surface area contributed by atoms with Gasteiger partial charge in [0.05, 0.1) is 6.61 Å². The Hall–Kier alpha value is -1.06. The highest BCUT2D eigenvalue weighted by Crippen LogP contribution is 2.17. The Morgan fingerprint density at radius 1 is 1.75 bits per heavy atom. The summed E-state index contributed by atoms with van der Waals surface area (Å²) in [6.45, 7) is 2.13. The van der Waals surface area contributed by atoms with Gasteiger partial charge < -0.3 is 9.64 Å². The van der Waals surface area contributed by atoms with Crippen LogP contribution in [0.5, 0.6) is 0 Å². The molecule has 0 aliphatic carbocycles. The largest absolute Gasteiger partial charge is 0.464 e. The molecule has 1 fully saturated rings. The van der Waals surface area contributed by atoms with Gasteiger partial charge in [0.2, 0.25) is 5.91 Å². The highest BCUT2D eigenvalue weighted by molar-refractivity contribution is 5.87. The highest BCUT2D eigenvalue weighted by Gasteiger charge is 2.33. The number of likely N-dealkylation sites (tertiary alicyclic amines) is 1. The number of likely N-dealkylation sites (N-methyl/N-ethyl adjacent to an activating group) is 1. The second-order valence-electron chi connectivity index (χ2n) is 2.81. The van der Waals surface area contributed by atoms with Crippen LogP contribution in [-0.4, -0.2) is 36.5 Å². The highest BCUT2D eigenvalue weighted by atomic mass is 16.5. The van der Waals surface area contributed by atoms with Crippen molar-refractivity contribution in [1.82, 2.24) is 4.90 Å². The second-order valence-corrected chi connectivity index (χ2v) is 2.81. The molecule has 1 heterocycles. The van der Waals surface area contributed by atoms with Crippen LogP contribution in [0.1, 0.15) is 19.8 Å². The molecule has 4 nitrogen and oxygen atoms in total. The molecule has 4 heteroatoms. The van der Waals surface area contributed by atoms with Crippen molar-refractivity contribution >= 4 is 11.9 Å². The van der Waals surface area contributed by atoms with Crippen LogP contribution < -0.4 is 0 Å². The van der Waals surface area contributed by atoms with E-state index in [2.05, 4.69) is 0 Å². The van der Waals surface area contributed by atoms with Gasteiger partial charge in [-0.2, -0.15) is 0 Å². The van der Waals surface area contributed by atoms with Crippen molar-refractivity contribution in [1.29, 1.82) is 0 Å². The van der Waals surface area contributed by atoms with Gasteiger partial charge in [0.25, 0.3) is 0 Å². The van der Waals surface area contributed by atoms with Gasteiger partial charge in [0.15, 0.2) is 0 Å². The van der Waals surface area contributed by atoms with Crippen LogP contribution >= 0.6 is 0 Å². The standard InChI is InChI=1S/C8H13NO3/c1-3-12-8(11)6-4-5-7(10)9(6)2/h6H,3-5H2,1-2H3. The quantitative estimate of drug-likeness (QED) is 0.556. The van der Waals surface area contributed by atoms with Gasteiger partial charge >= 0.3 is 5.97 Å². The molecular weight excluding hydrogens is 158 g/mol. The summed E-state index contributed by atoms with van der Waals surface area (Å²) >= 11 is 0. The number of hydrogen-bond acceptors (Lipinski definition) is 3. The van der Waals surface area contributed by atoms with Gasteiger partial charge in [-0.05, 0) is 13.3 Å². The van der Waals surface area contributed by atoms with Crippen LogP contribution in [0, 0.1) is 0 Å². The van der Waals surface area contributed by atoms with Crippen LogP contribution in [0.3, 0.4) is 0 Å². The number of esters is 1. The lowest BCUT2D eigenvalue weighted by molar-refractivity contribution is -0.150. The van der Waals surface area contributed by atoms with Crippen LogP contribution in [0.2, 0.25) is 0 Å². The maximum absolute atomic E-state index is 11.2. The molecule has 1 unspecified atom stereocenters. The fraction of sp³-hybridized carbons (Fsp3) is 0.750. The van der Waals surface area contributed by atoms with Crippen molar-refractivity contribution < 1.29 is 14.3 Å². The van der Waals surface area contributed by atoms with Crippen molar-refractivity contribution in [3.05, 3.63) is 0 Å². The molecule has 0 N–H and O–H groups in total. The number of nitrogens with zero attached hydrogens (tertiary/aromatic N) is 1. The maximum atomic E-state index is 11.2. The second kappa shape index (κ2) is 3.56. The van der Waals surface area contributed by atoms with E-state index in [0.29, 0.717) is 19.4 Å². The lowest BCUT2D eigenvalue weighted by Gasteiger charge is -2.17. The minimum absolute atomic E-state index is 0.0213. The summed E-state index contributed by atoms with van der Waals surface area (Å²) in [4.78, 5) is 23.7. The van der Waals surface area contributed by atoms with Gasteiger partial charge in [-0.3, -0.25) is 4.79 Å². The average Bonchev–Trinajstić information content (AvgIpc) is 2.34. The molecule has 0 saturated carbocycles. The number of amides is 1. The molecule has 1 aliphatic rings.